The average Bonchev–Trinajstić information content (AvgIpc) is 3.16. The Kier molecular flexibility index (Phi) is 2.78. The van der Waals surface area contributed by atoms with Crippen LogP contribution in [-0.4, -0.2) is 63.1 Å². The van der Waals surface area contributed by atoms with Gasteiger partial charge in [0.1, 0.15) is 5.82 Å². The molecule has 1 aliphatic heterocycles. The molecule has 1 fully saturated rings. The lowest BCUT2D eigenvalue weighted by molar-refractivity contribution is -0.120. The monoisotopic (exact) mass is 359 g/mol. The predicted octanol–water partition coefficient (Wildman–Crippen LogP) is 1.47. The molecule has 1 aromatic carbocycles. The number of ether oxygens (including phenoxy) is 1. The second-order valence-electron chi connectivity index (χ2n) is 5.79. The van der Waals surface area contributed by atoms with Crippen LogP contribution < -0.4 is 0 Å². The van der Waals surface area contributed by atoms with Gasteiger partial charge in [-0.25, -0.2) is 9.97 Å². The van der Waals surface area contributed by atoms with Gasteiger partial charge in [0.25, 0.3) is 0 Å². The molecule has 0 N–H and O–H groups in total. The van der Waals surface area contributed by atoms with Crippen LogP contribution in [0.2, 0.25) is 0 Å². The van der Waals surface area contributed by atoms with Gasteiger partial charge >= 0.3 is 0 Å². The number of ketones is 1. The number of hydrogen-bond acceptors (Lipinski definition) is 6. The molecule has 26 heavy (non-hydrogen) atoms. The van der Waals surface area contributed by atoms with Crippen molar-refractivity contribution in [2.24, 2.45) is 7.05 Å². The van der Waals surface area contributed by atoms with Crippen LogP contribution in [0, 0.1) is 0 Å². The maximum absolute atomic E-state index is 12.8. The SMILES string of the molecule is [2H]C1([2H])OC([2H])([2H])C([2H])([2H])N(CC(=O)Cc2ncc3ccc(-c4cnn(C)c4)cc3n2)C1([2H])[2H]. The Labute approximate surface area is 162 Å². The molecule has 0 amide bonds. The summed E-state index contributed by atoms with van der Waals surface area (Å²) in [5.74, 6) is -0.606. The van der Waals surface area contributed by atoms with Gasteiger partial charge in [0.05, 0.1) is 43.3 Å². The van der Waals surface area contributed by atoms with E-state index < -0.39 is 38.4 Å². The molecule has 0 aliphatic carbocycles. The molecule has 0 saturated carbocycles. The van der Waals surface area contributed by atoms with Crippen molar-refractivity contribution in [3.63, 3.8) is 0 Å². The Bertz CT molecular complexity index is 1240. The first-order valence-electron chi connectivity index (χ1n) is 11.9. The molecule has 0 spiro atoms. The Morgan fingerprint density at radius 1 is 1.27 bits per heavy atom. The largest absolute Gasteiger partial charge is 0.379 e. The zero-order valence-corrected chi connectivity index (χ0v) is 13.9. The van der Waals surface area contributed by atoms with E-state index in [0.29, 0.717) is 5.52 Å². The summed E-state index contributed by atoms with van der Waals surface area (Å²) in [5.41, 5.74) is 2.29. The highest BCUT2D eigenvalue weighted by Crippen LogP contribution is 2.22. The molecule has 1 aliphatic rings. The van der Waals surface area contributed by atoms with Gasteiger partial charge < -0.3 is 4.74 Å². The Balaban J connectivity index is 1.58. The van der Waals surface area contributed by atoms with Gasteiger partial charge in [-0.05, 0) is 11.6 Å². The van der Waals surface area contributed by atoms with Crippen LogP contribution in [0.3, 0.4) is 0 Å². The molecule has 0 bridgehead atoms. The molecule has 7 heteroatoms. The lowest BCUT2D eigenvalue weighted by Gasteiger charge is -2.25. The number of rotatable bonds is 5. The quantitative estimate of drug-likeness (QED) is 0.687. The van der Waals surface area contributed by atoms with Crippen LogP contribution in [0.5, 0.6) is 0 Å². The number of Topliss-reactive ketones (excluding diaryl/α,β-unsaturated/α-hetero) is 1. The van der Waals surface area contributed by atoms with E-state index in [1.54, 1.807) is 17.9 Å². The minimum Gasteiger partial charge on any atom is -0.379 e. The van der Waals surface area contributed by atoms with Crippen LogP contribution in [0.4, 0.5) is 0 Å². The van der Waals surface area contributed by atoms with E-state index in [2.05, 4.69) is 19.8 Å². The number of hydrogen-bond donors (Lipinski definition) is 0. The fourth-order valence-electron chi connectivity index (χ4n) is 2.59. The van der Waals surface area contributed by atoms with E-state index >= 15 is 0 Å². The van der Waals surface area contributed by atoms with Crippen LogP contribution in [0.1, 0.15) is 16.8 Å². The topological polar surface area (TPSA) is 73.1 Å². The van der Waals surface area contributed by atoms with Crippen molar-refractivity contribution < 1.29 is 20.5 Å². The van der Waals surface area contributed by atoms with Gasteiger partial charge in [0, 0.05) is 48.9 Å². The van der Waals surface area contributed by atoms with E-state index in [9.17, 15) is 4.79 Å². The molecule has 0 radical (unpaired) electrons. The van der Waals surface area contributed by atoms with Crippen LogP contribution in [0.25, 0.3) is 22.0 Å². The highest BCUT2D eigenvalue weighted by Gasteiger charge is 2.15. The van der Waals surface area contributed by atoms with Crippen molar-refractivity contribution in [3.05, 3.63) is 42.6 Å². The number of morpholine rings is 1. The van der Waals surface area contributed by atoms with Crippen LogP contribution in [-0.2, 0) is 23.0 Å². The molecule has 7 nitrogen and oxygen atoms in total. The maximum atomic E-state index is 12.8. The average molecular weight is 359 g/mol. The molecular formula is C19H21N5O2. The van der Waals surface area contributed by atoms with Crippen molar-refractivity contribution in [2.45, 2.75) is 6.42 Å². The summed E-state index contributed by atoms with van der Waals surface area (Å²) in [6, 6.07) is 5.52. The number of aromatic nitrogens is 4. The summed E-state index contributed by atoms with van der Waals surface area (Å²) in [4.78, 5) is 21.5. The summed E-state index contributed by atoms with van der Waals surface area (Å²) in [6.07, 6.45) is 4.69. The Hall–Kier alpha value is -2.64. The van der Waals surface area contributed by atoms with E-state index in [4.69, 9.17) is 11.0 Å². The van der Waals surface area contributed by atoms with E-state index in [-0.39, 0.29) is 17.1 Å². The lowest BCUT2D eigenvalue weighted by atomic mass is 10.1. The zero-order valence-electron chi connectivity index (χ0n) is 21.9. The second kappa shape index (κ2) is 7.31. The molecule has 134 valence electrons. The Morgan fingerprint density at radius 2 is 2.12 bits per heavy atom. The van der Waals surface area contributed by atoms with E-state index in [1.807, 2.05) is 24.4 Å². The second-order valence-corrected chi connectivity index (χ2v) is 5.79. The van der Waals surface area contributed by atoms with Gasteiger partial charge in [-0.1, -0.05) is 12.1 Å². The summed E-state index contributed by atoms with van der Waals surface area (Å²) in [7, 11) is 1.80. The zero-order chi connectivity index (χ0) is 25.1. The van der Waals surface area contributed by atoms with E-state index in [0.717, 1.165) is 16.5 Å². The summed E-state index contributed by atoms with van der Waals surface area (Å²) in [5, 5.41) is 4.87. The van der Waals surface area contributed by atoms with Crippen LogP contribution >= 0.6 is 0 Å². The van der Waals surface area contributed by atoms with Gasteiger partial charge in [-0.15, -0.1) is 0 Å². The summed E-state index contributed by atoms with van der Waals surface area (Å²) in [6.45, 7) is -13.6. The third kappa shape index (κ3) is 3.79. The molecule has 2 aromatic heterocycles. The van der Waals surface area contributed by atoms with Gasteiger partial charge in [-0.2, -0.15) is 5.10 Å². The smallest absolute Gasteiger partial charge is 0.154 e. The molecule has 0 atom stereocenters. The van der Waals surface area contributed by atoms with Crippen LogP contribution in [0.15, 0.2) is 36.8 Å². The number of aryl methyl sites for hydroxylation is 1. The number of fused-ring (bicyclic) bond motifs is 1. The molecule has 1 saturated heterocycles. The summed E-state index contributed by atoms with van der Waals surface area (Å²) >= 11 is 0. The third-order valence-electron chi connectivity index (χ3n) is 3.82. The highest BCUT2D eigenvalue weighted by molar-refractivity contribution is 5.85. The first-order valence-corrected chi connectivity index (χ1v) is 7.88. The van der Waals surface area contributed by atoms with Crippen molar-refractivity contribution in [2.75, 3.05) is 32.7 Å². The fourth-order valence-corrected chi connectivity index (χ4v) is 2.59. The normalized spacial score (nSPS) is 27.7. The Morgan fingerprint density at radius 3 is 2.88 bits per heavy atom. The first kappa shape index (κ1) is 9.89. The fraction of sp³-hybridized carbons (Fsp3) is 0.368. The van der Waals surface area contributed by atoms with Gasteiger partial charge in [-0.3, -0.25) is 14.4 Å². The minimum absolute atomic E-state index is 0.112. The number of nitrogens with zero attached hydrogens (tertiary/aromatic N) is 5. The van der Waals surface area contributed by atoms with Crippen molar-refractivity contribution in [1.29, 1.82) is 0 Å². The predicted molar refractivity (Wildman–Crippen MR) is 97.7 cm³/mol. The molecule has 4 rings (SSSR count). The third-order valence-corrected chi connectivity index (χ3v) is 3.82. The first-order chi connectivity index (χ1) is 15.6. The lowest BCUT2D eigenvalue weighted by Crippen LogP contribution is -2.40. The standard InChI is InChI=1S/C19H21N5O2/c1-23-12-16(11-21-23)14-2-3-15-10-20-19(22-18(15)8-14)9-17(25)13-24-4-6-26-7-5-24/h2-3,8,10-12H,4-7,9,13H2,1H3/i4D2,5D2,6D2,7D2. The highest BCUT2D eigenvalue weighted by atomic mass is 16.5. The van der Waals surface area contributed by atoms with Gasteiger partial charge in [0.15, 0.2) is 5.78 Å². The van der Waals surface area contributed by atoms with E-state index in [1.165, 1.54) is 6.20 Å². The van der Waals surface area contributed by atoms with Crippen molar-refractivity contribution in [1.82, 2.24) is 24.6 Å². The minimum atomic E-state index is -3.20. The van der Waals surface area contributed by atoms with Crippen molar-refractivity contribution in [3.8, 4) is 11.1 Å². The molecular weight excluding hydrogens is 330 g/mol. The van der Waals surface area contributed by atoms with Crippen molar-refractivity contribution >= 4 is 16.7 Å². The van der Waals surface area contributed by atoms with Gasteiger partial charge in [0.2, 0.25) is 0 Å². The summed E-state index contributed by atoms with van der Waals surface area (Å²) < 4.78 is 69.0. The number of carbonyl (C=O) groups excluding carboxylic acids is 1. The molecule has 3 aromatic rings. The number of benzene rings is 1. The maximum Gasteiger partial charge on any atom is 0.154 e. The molecule has 0 unspecified atom stereocenters. The molecule has 3 heterocycles. The number of carbonyl (C=O) groups is 1.